The first-order valence-corrected chi connectivity index (χ1v) is 12.4. The summed E-state index contributed by atoms with van der Waals surface area (Å²) in [7, 11) is -3.56. The standard InChI is InChI=1S/C23H34N2O3S/c1-17-8-9-18(12-20(17)29(27,28)24-10-6-5-7-11-24)21(26)25-16-23(4)14-19(25)13-22(2,3)15-23/h8-9,12,19H,5-7,10-11,13-16H2,1-4H3. The van der Waals surface area contributed by atoms with Crippen LogP contribution in [-0.4, -0.2) is 49.2 Å². The van der Waals surface area contributed by atoms with Crippen molar-refractivity contribution in [3.8, 4) is 0 Å². The molecule has 0 radical (unpaired) electrons. The first-order chi connectivity index (χ1) is 13.5. The molecule has 4 rings (SSSR count). The number of hydrogen-bond acceptors (Lipinski definition) is 3. The van der Waals surface area contributed by atoms with Crippen LogP contribution in [0.1, 0.15) is 75.2 Å². The largest absolute Gasteiger partial charge is 0.335 e. The first kappa shape index (κ1) is 20.9. The Balaban J connectivity index is 1.63. The molecule has 2 bridgehead atoms. The van der Waals surface area contributed by atoms with E-state index >= 15 is 0 Å². The van der Waals surface area contributed by atoms with Gasteiger partial charge in [-0.2, -0.15) is 4.31 Å². The molecule has 1 aromatic carbocycles. The smallest absolute Gasteiger partial charge is 0.254 e. The third-order valence-corrected chi connectivity index (χ3v) is 9.08. The number of fused-ring (bicyclic) bond motifs is 2. The highest BCUT2D eigenvalue weighted by Gasteiger charge is 2.51. The quantitative estimate of drug-likeness (QED) is 0.739. The Morgan fingerprint density at radius 3 is 2.45 bits per heavy atom. The number of aryl methyl sites for hydroxylation is 1. The van der Waals surface area contributed by atoms with E-state index in [1.54, 1.807) is 22.5 Å². The highest BCUT2D eigenvalue weighted by atomic mass is 32.2. The molecule has 1 saturated carbocycles. The molecule has 3 fully saturated rings. The summed E-state index contributed by atoms with van der Waals surface area (Å²) in [6.07, 6.45) is 6.07. The van der Waals surface area contributed by atoms with Crippen LogP contribution >= 0.6 is 0 Å². The molecule has 5 nitrogen and oxygen atoms in total. The number of carbonyl (C=O) groups excluding carboxylic acids is 1. The van der Waals surface area contributed by atoms with Gasteiger partial charge in [-0.1, -0.05) is 33.3 Å². The van der Waals surface area contributed by atoms with Gasteiger partial charge in [-0.25, -0.2) is 8.42 Å². The molecule has 0 spiro atoms. The van der Waals surface area contributed by atoms with Gasteiger partial charge in [0.2, 0.25) is 10.0 Å². The monoisotopic (exact) mass is 418 g/mol. The zero-order valence-corrected chi connectivity index (χ0v) is 19.0. The van der Waals surface area contributed by atoms with Crippen LogP contribution < -0.4 is 0 Å². The van der Waals surface area contributed by atoms with Gasteiger partial charge >= 0.3 is 0 Å². The summed E-state index contributed by atoms with van der Waals surface area (Å²) >= 11 is 0. The number of benzene rings is 1. The Kier molecular flexibility index (Phi) is 5.10. The van der Waals surface area contributed by atoms with Crippen molar-refractivity contribution >= 4 is 15.9 Å². The van der Waals surface area contributed by atoms with Crippen LogP contribution in [0.25, 0.3) is 0 Å². The molecule has 2 aliphatic heterocycles. The molecule has 2 unspecified atom stereocenters. The van der Waals surface area contributed by atoms with E-state index in [1.807, 2.05) is 11.8 Å². The van der Waals surface area contributed by atoms with E-state index in [2.05, 4.69) is 20.8 Å². The van der Waals surface area contributed by atoms with Gasteiger partial charge in [0.1, 0.15) is 0 Å². The highest BCUT2D eigenvalue weighted by molar-refractivity contribution is 7.89. The predicted octanol–water partition coefficient (Wildman–Crippen LogP) is 4.21. The van der Waals surface area contributed by atoms with Crippen molar-refractivity contribution in [1.82, 2.24) is 9.21 Å². The van der Waals surface area contributed by atoms with Gasteiger partial charge in [-0.05, 0) is 67.6 Å². The number of amides is 1. The Labute approximate surface area is 175 Å². The Morgan fingerprint density at radius 1 is 1.07 bits per heavy atom. The number of hydrogen-bond donors (Lipinski definition) is 0. The van der Waals surface area contributed by atoms with E-state index < -0.39 is 10.0 Å². The molecular formula is C23H34N2O3S. The van der Waals surface area contributed by atoms with E-state index in [4.69, 9.17) is 0 Å². The van der Waals surface area contributed by atoms with Crippen LogP contribution in [0, 0.1) is 17.8 Å². The second-order valence-corrected chi connectivity index (χ2v) is 12.5. The third-order valence-electron chi connectivity index (χ3n) is 7.04. The van der Waals surface area contributed by atoms with Gasteiger partial charge < -0.3 is 4.90 Å². The molecule has 1 aromatic rings. The van der Waals surface area contributed by atoms with Gasteiger partial charge in [0.15, 0.2) is 0 Å². The maximum absolute atomic E-state index is 13.4. The Morgan fingerprint density at radius 2 is 1.76 bits per heavy atom. The minimum absolute atomic E-state index is 0.0217. The zero-order valence-electron chi connectivity index (χ0n) is 18.2. The van der Waals surface area contributed by atoms with Crippen LogP contribution in [0.5, 0.6) is 0 Å². The van der Waals surface area contributed by atoms with Crippen molar-refractivity contribution in [3.63, 3.8) is 0 Å². The number of sulfonamides is 1. The number of carbonyl (C=O) groups is 1. The van der Waals surface area contributed by atoms with Crippen LogP contribution in [0.15, 0.2) is 23.1 Å². The topological polar surface area (TPSA) is 57.7 Å². The van der Waals surface area contributed by atoms with Crippen molar-refractivity contribution in [2.24, 2.45) is 10.8 Å². The summed E-state index contributed by atoms with van der Waals surface area (Å²) in [4.78, 5) is 15.7. The SMILES string of the molecule is Cc1ccc(C(=O)N2CC3(C)CC2CC(C)(C)C3)cc1S(=O)(=O)N1CCCCC1. The lowest BCUT2D eigenvalue weighted by atomic mass is 9.65. The lowest BCUT2D eigenvalue weighted by molar-refractivity contribution is 0.0708. The Hall–Kier alpha value is -1.40. The maximum Gasteiger partial charge on any atom is 0.254 e. The molecule has 1 aliphatic carbocycles. The second-order valence-electron chi connectivity index (χ2n) is 10.6. The third kappa shape index (κ3) is 3.86. The first-order valence-electron chi connectivity index (χ1n) is 10.9. The van der Waals surface area contributed by atoms with Crippen molar-refractivity contribution in [3.05, 3.63) is 29.3 Å². The average Bonchev–Trinajstić information content (AvgIpc) is 2.90. The fraction of sp³-hybridized carbons (Fsp3) is 0.696. The van der Waals surface area contributed by atoms with Gasteiger partial charge in [-0.15, -0.1) is 0 Å². The minimum Gasteiger partial charge on any atom is -0.335 e. The molecule has 29 heavy (non-hydrogen) atoms. The van der Waals surface area contributed by atoms with Crippen molar-refractivity contribution in [2.45, 2.75) is 77.2 Å². The molecule has 160 valence electrons. The van der Waals surface area contributed by atoms with Gasteiger partial charge in [-0.3, -0.25) is 4.79 Å². The lowest BCUT2D eigenvalue weighted by Crippen LogP contribution is -2.38. The summed E-state index contributed by atoms with van der Waals surface area (Å²) in [5.41, 5.74) is 1.61. The predicted molar refractivity (Wildman–Crippen MR) is 114 cm³/mol. The lowest BCUT2D eigenvalue weighted by Gasteiger charge is -2.39. The summed E-state index contributed by atoms with van der Waals surface area (Å²) in [5.74, 6) is -0.0217. The second kappa shape index (κ2) is 7.09. The number of piperidine rings is 1. The molecule has 2 heterocycles. The van der Waals surface area contributed by atoms with E-state index in [1.165, 1.54) is 0 Å². The molecule has 3 aliphatic rings. The van der Waals surface area contributed by atoms with E-state index in [0.717, 1.165) is 45.1 Å². The van der Waals surface area contributed by atoms with Crippen molar-refractivity contribution in [2.75, 3.05) is 19.6 Å². The summed E-state index contributed by atoms with van der Waals surface area (Å²) < 4.78 is 28.0. The van der Waals surface area contributed by atoms with Crippen molar-refractivity contribution in [1.29, 1.82) is 0 Å². The van der Waals surface area contributed by atoms with Crippen LogP contribution in [0.4, 0.5) is 0 Å². The van der Waals surface area contributed by atoms with Gasteiger partial charge in [0.05, 0.1) is 4.90 Å². The van der Waals surface area contributed by atoms with Crippen LogP contribution in [0.2, 0.25) is 0 Å². The van der Waals surface area contributed by atoms with Gasteiger partial charge in [0, 0.05) is 31.2 Å². The zero-order chi connectivity index (χ0) is 21.0. The number of likely N-dealkylation sites (tertiary alicyclic amines) is 1. The molecule has 2 atom stereocenters. The molecule has 1 amide bonds. The van der Waals surface area contributed by atoms with E-state index in [9.17, 15) is 13.2 Å². The van der Waals surface area contributed by atoms with Crippen LogP contribution in [-0.2, 0) is 10.0 Å². The molecule has 2 saturated heterocycles. The molecule has 0 N–H and O–H groups in total. The highest BCUT2D eigenvalue weighted by Crippen LogP contribution is 2.52. The summed E-state index contributed by atoms with van der Waals surface area (Å²) in [6.45, 7) is 10.6. The number of nitrogens with zero attached hydrogens (tertiary/aromatic N) is 2. The average molecular weight is 419 g/mol. The molecule has 6 heteroatoms. The fourth-order valence-electron chi connectivity index (χ4n) is 6.12. The molecule has 0 aromatic heterocycles. The van der Waals surface area contributed by atoms with Crippen LogP contribution in [0.3, 0.4) is 0 Å². The van der Waals surface area contributed by atoms with E-state index in [-0.39, 0.29) is 22.8 Å². The fourth-order valence-corrected chi connectivity index (χ4v) is 7.89. The normalized spacial score (nSPS) is 29.8. The Bertz CT molecular complexity index is 918. The number of rotatable bonds is 3. The summed E-state index contributed by atoms with van der Waals surface area (Å²) in [6, 6.07) is 5.46. The molecular weight excluding hydrogens is 384 g/mol. The van der Waals surface area contributed by atoms with Gasteiger partial charge in [0.25, 0.3) is 5.91 Å². The minimum atomic E-state index is -3.56. The van der Waals surface area contributed by atoms with E-state index in [0.29, 0.717) is 29.1 Å². The summed E-state index contributed by atoms with van der Waals surface area (Å²) in [5, 5.41) is 0. The maximum atomic E-state index is 13.4. The van der Waals surface area contributed by atoms with Crippen molar-refractivity contribution < 1.29 is 13.2 Å².